The Morgan fingerprint density at radius 1 is 1.50 bits per heavy atom. The van der Waals surface area contributed by atoms with E-state index in [2.05, 4.69) is 6.58 Å². The Balaban J connectivity index is 3.22. The third kappa shape index (κ3) is 2.43. The van der Waals surface area contributed by atoms with E-state index in [1.54, 1.807) is 25.1 Å². The lowest BCUT2D eigenvalue weighted by atomic mass is 10.2. The van der Waals surface area contributed by atoms with Crippen LogP contribution in [-0.4, -0.2) is 26.3 Å². The number of nitrogen functional groups attached to an aromatic ring is 1. The minimum absolute atomic E-state index is 0.283. The molecule has 0 heterocycles. The van der Waals surface area contributed by atoms with E-state index < -0.39 is 10.0 Å². The van der Waals surface area contributed by atoms with Gasteiger partial charge in [-0.25, -0.2) is 8.42 Å². The first kappa shape index (κ1) is 12.7. The summed E-state index contributed by atoms with van der Waals surface area (Å²) in [5.74, 6) is 0. The third-order valence-electron chi connectivity index (χ3n) is 2.27. The first-order chi connectivity index (χ1) is 7.39. The zero-order valence-corrected chi connectivity index (χ0v) is 10.3. The molecule has 0 atom stereocenters. The molecule has 88 valence electrons. The lowest BCUT2D eigenvalue weighted by Gasteiger charge is -2.16. The Kier molecular flexibility index (Phi) is 3.72. The summed E-state index contributed by atoms with van der Waals surface area (Å²) >= 11 is 0. The van der Waals surface area contributed by atoms with Crippen LogP contribution in [-0.2, 0) is 10.0 Å². The Hall–Kier alpha value is -1.33. The molecule has 0 aromatic heterocycles. The number of nitrogens with zero attached hydrogens (tertiary/aromatic N) is 1. The van der Waals surface area contributed by atoms with Gasteiger partial charge in [-0.15, -0.1) is 6.58 Å². The molecule has 16 heavy (non-hydrogen) atoms. The van der Waals surface area contributed by atoms with Crippen molar-refractivity contribution in [3.8, 4) is 0 Å². The van der Waals surface area contributed by atoms with E-state index in [1.165, 1.54) is 17.4 Å². The number of hydrogen-bond donors (Lipinski definition) is 1. The standard InChI is InChI=1S/C11H16N2O2S/c1-4-7-13(3)16(14,15)11-6-5-10(12)8-9(11)2/h4-6,8H,1,7,12H2,2-3H3. The summed E-state index contributed by atoms with van der Waals surface area (Å²) in [4.78, 5) is 0.283. The van der Waals surface area contributed by atoms with Crippen molar-refractivity contribution in [2.45, 2.75) is 11.8 Å². The highest BCUT2D eigenvalue weighted by atomic mass is 32.2. The average Bonchev–Trinajstić information content (AvgIpc) is 2.17. The van der Waals surface area contributed by atoms with Gasteiger partial charge < -0.3 is 5.73 Å². The summed E-state index contributed by atoms with van der Waals surface area (Å²) in [5, 5.41) is 0. The summed E-state index contributed by atoms with van der Waals surface area (Å²) in [5.41, 5.74) is 6.79. The van der Waals surface area contributed by atoms with Gasteiger partial charge in [0.1, 0.15) is 0 Å². The Morgan fingerprint density at radius 3 is 2.62 bits per heavy atom. The zero-order valence-electron chi connectivity index (χ0n) is 9.47. The third-order valence-corrected chi connectivity index (χ3v) is 4.26. The molecule has 5 heteroatoms. The van der Waals surface area contributed by atoms with E-state index in [0.29, 0.717) is 11.3 Å². The highest BCUT2D eigenvalue weighted by Gasteiger charge is 2.21. The molecule has 0 unspecified atom stereocenters. The average molecular weight is 240 g/mol. The van der Waals surface area contributed by atoms with E-state index in [9.17, 15) is 8.42 Å². The van der Waals surface area contributed by atoms with Crippen LogP contribution >= 0.6 is 0 Å². The molecule has 0 saturated carbocycles. The molecule has 0 amide bonds. The highest BCUT2D eigenvalue weighted by molar-refractivity contribution is 7.89. The van der Waals surface area contributed by atoms with Gasteiger partial charge in [-0.2, -0.15) is 4.31 Å². The molecule has 1 aromatic rings. The molecule has 0 spiro atoms. The lowest BCUT2D eigenvalue weighted by molar-refractivity contribution is 0.499. The van der Waals surface area contributed by atoms with Crippen molar-refractivity contribution in [2.75, 3.05) is 19.3 Å². The van der Waals surface area contributed by atoms with Gasteiger partial charge in [-0.3, -0.25) is 0 Å². The monoisotopic (exact) mass is 240 g/mol. The van der Waals surface area contributed by atoms with Crippen molar-refractivity contribution >= 4 is 15.7 Å². The first-order valence-electron chi connectivity index (χ1n) is 4.83. The second-order valence-corrected chi connectivity index (χ2v) is 5.61. The number of nitrogens with two attached hydrogens (primary N) is 1. The van der Waals surface area contributed by atoms with Crippen LogP contribution in [0.15, 0.2) is 35.7 Å². The fraction of sp³-hybridized carbons (Fsp3) is 0.273. The molecule has 1 rings (SSSR count). The minimum atomic E-state index is -3.44. The normalized spacial score (nSPS) is 11.7. The van der Waals surface area contributed by atoms with Crippen molar-refractivity contribution in [1.82, 2.24) is 4.31 Å². The first-order valence-corrected chi connectivity index (χ1v) is 6.27. The van der Waals surface area contributed by atoms with E-state index in [0.717, 1.165) is 0 Å². The molecular formula is C11H16N2O2S. The fourth-order valence-electron chi connectivity index (χ4n) is 1.41. The van der Waals surface area contributed by atoms with Crippen molar-refractivity contribution in [1.29, 1.82) is 0 Å². The smallest absolute Gasteiger partial charge is 0.243 e. The Morgan fingerprint density at radius 2 is 2.12 bits per heavy atom. The summed E-state index contributed by atoms with van der Waals surface area (Å²) in [6, 6.07) is 4.76. The summed E-state index contributed by atoms with van der Waals surface area (Å²) in [6.45, 7) is 5.53. The van der Waals surface area contributed by atoms with Crippen molar-refractivity contribution in [2.24, 2.45) is 0 Å². The number of rotatable bonds is 4. The quantitative estimate of drug-likeness (QED) is 0.639. The molecule has 0 saturated heterocycles. The van der Waals surface area contributed by atoms with Crippen LogP contribution in [0.5, 0.6) is 0 Å². The topological polar surface area (TPSA) is 63.4 Å². The predicted octanol–water partition coefficient (Wildman–Crippen LogP) is 1.38. The number of anilines is 1. The summed E-state index contributed by atoms with van der Waals surface area (Å²) in [6.07, 6.45) is 1.55. The molecule has 0 aliphatic heterocycles. The van der Waals surface area contributed by atoms with E-state index in [1.807, 2.05) is 0 Å². The molecular weight excluding hydrogens is 224 g/mol. The molecule has 0 fully saturated rings. The maximum atomic E-state index is 12.1. The number of aryl methyl sites for hydroxylation is 1. The van der Waals surface area contributed by atoms with Crippen LogP contribution in [0, 0.1) is 6.92 Å². The van der Waals surface area contributed by atoms with Crippen molar-refractivity contribution in [3.63, 3.8) is 0 Å². The van der Waals surface area contributed by atoms with Crippen LogP contribution in [0.3, 0.4) is 0 Å². The van der Waals surface area contributed by atoms with Gasteiger partial charge in [0.15, 0.2) is 0 Å². The zero-order chi connectivity index (χ0) is 12.3. The second kappa shape index (κ2) is 4.67. The predicted molar refractivity (Wildman–Crippen MR) is 65.6 cm³/mol. The van der Waals surface area contributed by atoms with Gasteiger partial charge in [0.25, 0.3) is 0 Å². The molecule has 1 aromatic carbocycles. The number of likely N-dealkylation sites (N-methyl/N-ethyl adjacent to an activating group) is 1. The van der Waals surface area contributed by atoms with Crippen LogP contribution in [0.25, 0.3) is 0 Å². The van der Waals surface area contributed by atoms with Gasteiger partial charge in [0, 0.05) is 19.3 Å². The molecule has 0 bridgehead atoms. The highest BCUT2D eigenvalue weighted by Crippen LogP contribution is 2.20. The van der Waals surface area contributed by atoms with Crippen LogP contribution in [0.2, 0.25) is 0 Å². The largest absolute Gasteiger partial charge is 0.399 e. The van der Waals surface area contributed by atoms with Gasteiger partial charge in [-0.05, 0) is 30.7 Å². The maximum Gasteiger partial charge on any atom is 0.243 e. The molecule has 0 radical (unpaired) electrons. The van der Waals surface area contributed by atoms with Crippen LogP contribution in [0.1, 0.15) is 5.56 Å². The van der Waals surface area contributed by atoms with Crippen LogP contribution in [0.4, 0.5) is 5.69 Å². The lowest BCUT2D eigenvalue weighted by Crippen LogP contribution is -2.27. The number of sulfonamides is 1. The fourth-order valence-corrected chi connectivity index (χ4v) is 2.75. The number of hydrogen-bond acceptors (Lipinski definition) is 3. The maximum absolute atomic E-state index is 12.1. The number of benzene rings is 1. The van der Waals surface area contributed by atoms with E-state index in [4.69, 9.17) is 5.73 Å². The summed E-state index contributed by atoms with van der Waals surface area (Å²) in [7, 11) is -1.92. The van der Waals surface area contributed by atoms with Gasteiger partial charge in [0.2, 0.25) is 10.0 Å². The summed E-state index contributed by atoms with van der Waals surface area (Å²) < 4.78 is 25.4. The SMILES string of the molecule is C=CCN(C)S(=O)(=O)c1ccc(N)cc1C. The minimum Gasteiger partial charge on any atom is -0.399 e. The Labute approximate surface area is 96.4 Å². The molecule has 2 N–H and O–H groups in total. The van der Waals surface area contributed by atoms with Crippen molar-refractivity contribution in [3.05, 3.63) is 36.4 Å². The van der Waals surface area contributed by atoms with Gasteiger partial charge >= 0.3 is 0 Å². The van der Waals surface area contributed by atoms with Crippen molar-refractivity contribution < 1.29 is 8.42 Å². The molecule has 0 aliphatic rings. The molecule has 4 nitrogen and oxygen atoms in total. The van der Waals surface area contributed by atoms with E-state index >= 15 is 0 Å². The molecule has 0 aliphatic carbocycles. The van der Waals surface area contributed by atoms with Gasteiger partial charge in [-0.1, -0.05) is 6.08 Å². The van der Waals surface area contributed by atoms with E-state index in [-0.39, 0.29) is 11.4 Å². The van der Waals surface area contributed by atoms with Gasteiger partial charge in [0.05, 0.1) is 4.90 Å². The van der Waals surface area contributed by atoms with Crippen LogP contribution < -0.4 is 5.73 Å². The second-order valence-electron chi connectivity index (χ2n) is 3.60. The Bertz CT molecular complexity index is 495.